The molecule has 0 spiro atoms. The molecule has 0 aromatic carbocycles. The minimum atomic E-state index is 0.105. The van der Waals surface area contributed by atoms with E-state index in [4.69, 9.17) is 0 Å². The highest BCUT2D eigenvalue weighted by Crippen LogP contribution is 2.07. The standard InChI is InChI=1S/C13H24N2O/c1-6-8-9-12(7-2)11(3)14-10-13(16)15(4)5/h6,8-9,11,14H,7,10H2,1-5H3/b8-6-,12-9+. The largest absolute Gasteiger partial charge is 0.348 e. The first-order valence-electron chi connectivity index (χ1n) is 5.78. The van der Waals surface area contributed by atoms with E-state index in [1.807, 2.05) is 19.1 Å². The molecule has 0 heterocycles. The van der Waals surface area contributed by atoms with E-state index in [0.29, 0.717) is 6.54 Å². The zero-order valence-corrected chi connectivity index (χ0v) is 11.1. The number of allylic oxidation sites excluding steroid dienone is 3. The lowest BCUT2D eigenvalue weighted by molar-refractivity contribution is -0.127. The van der Waals surface area contributed by atoms with Crippen LogP contribution in [0.25, 0.3) is 0 Å². The molecule has 0 rings (SSSR count). The second-order valence-corrected chi connectivity index (χ2v) is 4.01. The molecule has 0 aliphatic heterocycles. The first-order chi connectivity index (χ1) is 7.52. The summed E-state index contributed by atoms with van der Waals surface area (Å²) in [6.07, 6.45) is 7.14. The zero-order chi connectivity index (χ0) is 12.6. The van der Waals surface area contributed by atoms with Crippen LogP contribution >= 0.6 is 0 Å². The molecule has 0 aliphatic rings. The van der Waals surface area contributed by atoms with Crippen LogP contribution in [0.3, 0.4) is 0 Å². The van der Waals surface area contributed by atoms with Crippen molar-refractivity contribution in [2.75, 3.05) is 20.6 Å². The van der Waals surface area contributed by atoms with Gasteiger partial charge in [-0.1, -0.05) is 30.7 Å². The summed E-state index contributed by atoms with van der Waals surface area (Å²) >= 11 is 0. The van der Waals surface area contributed by atoms with Crippen molar-refractivity contribution in [1.82, 2.24) is 10.2 Å². The van der Waals surface area contributed by atoms with Crippen molar-refractivity contribution >= 4 is 5.91 Å². The molecular weight excluding hydrogens is 200 g/mol. The summed E-state index contributed by atoms with van der Waals surface area (Å²) < 4.78 is 0. The number of carbonyl (C=O) groups excluding carboxylic acids is 1. The first kappa shape index (κ1) is 14.9. The number of rotatable bonds is 6. The normalized spacial score (nSPS) is 14.2. The number of likely N-dealkylation sites (N-methyl/N-ethyl adjacent to an activating group) is 1. The Bertz CT molecular complexity index is 267. The van der Waals surface area contributed by atoms with Crippen LogP contribution in [0.15, 0.2) is 23.8 Å². The van der Waals surface area contributed by atoms with Gasteiger partial charge in [0.15, 0.2) is 0 Å². The predicted octanol–water partition coefficient (Wildman–Crippen LogP) is 1.97. The van der Waals surface area contributed by atoms with Crippen molar-refractivity contribution < 1.29 is 4.79 Å². The monoisotopic (exact) mass is 224 g/mol. The molecule has 0 saturated heterocycles. The van der Waals surface area contributed by atoms with Gasteiger partial charge in [-0.25, -0.2) is 0 Å². The van der Waals surface area contributed by atoms with Gasteiger partial charge in [0, 0.05) is 20.1 Å². The predicted molar refractivity (Wildman–Crippen MR) is 69.3 cm³/mol. The molecule has 1 unspecified atom stereocenters. The van der Waals surface area contributed by atoms with Gasteiger partial charge in [-0.3, -0.25) is 4.79 Å². The van der Waals surface area contributed by atoms with Crippen molar-refractivity contribution in [2.45, 2.75) is 33.2 Å². The molecule has 16 heavy (non-hydrogen) atoms. The number of nitrogens with one attached hydrogen (secondary N) is 1. The summed E-state index contributed by atoms with van der Waals surface area (Å²) in [6, 6.07) is 0.241. The van der Waals surface area contributed by atoms with Crippen LogP contribution in [0, 0.1) is 0 Å². The molecule has 3 heteroatoms. The second kappa shape index (κ2) is 8.11. The quantitative estimate of drug-likeness (QED) is 0.700. The van der Waals surface area contributed by atoms with Crippen LogP contribution in [0.4, 0.5) is 0 Å². The van der Waals surface area contributed by atoms with Crippen LogP contribution in [0.1, 0.15) is 27.2 Å². The van der Waals surface area contributed by atoms with E-state index in [-0.39, 0.29) is 11.9 Å². The van der Waals surface area contributed by atoms with Gasteiger partial charge >= 0.3 is 0 Å². The molecule has 0 radical (unpaired) electrons. The Morgan fingerprint density at radius 2 is 2.06 bits per heavy atom. The van der Waals surface area contributed by atoms with E-state index in [1.165, 1.54) is 5.57 Å². The lowest BCUT2D eigenvalue weighted by atomic mass is 10.1. The number of carbonyl (C=O) groups is 1. The van der Waals surface area contributed by atoms with Crippen molar-refractivity contribution in [2.24, 2.45) is 0 Å². The topological polar surface area (TPSA) is 32.3 Å². The molecule has 0 aliphatic carbocycles. The van der Waals surface area contributed by atoms with Gasteiger partial charge in [0.05, 0.1) is 6.54 Å². The maximum absolute atomic E-state index is 11.4. The average Bonchev–Trinajstić information content (AvgIpc) is 2.26. The van der Waals surface area contributed by atoms with Gasteiger partial charge in [-0.05, 0) is 20.3 Å². The van der Waals surface area contributed by atoms with Crippen molar-refractivity contribution in [3.63, 3.8) is 0 Å². The maximum atomic E-state index is 11.4. The molecule has 0 aromatic heterocycles. The fourth-order valence-corrected chi connectivity index (χ4v) is 1.32. The molecule has 1 N–H and O–H groups in total. The van der Waals surface area contributed by atoms with Crippen molar-refractivity contribution in [3.8, 4) is 0 Å². The third kappa shape index (κ3) is 5.71. The fraction of sp³-hybridized carbons (Fsp3) is 0.615. The highest BCUT2D eigenvalue weighted by molar-refractivity contribution is 5.77. The Morgan fingerprint density at radius 3 is 2.50 bits per heavy atom. The third-order valence-electron chi connectivity index (χ3n) is 2.53. The van der Waals surface area contributed by atoms with Gasteiger partial charge in [0.2, 0.25) is 5.91 Å². The van der Waals surface area contributed by atoms with E-state index in [9.17, 15) is 4.79 Å². The fourth-order valence-electron chi connectivity index (χ4n) is 1.32. The number of amides is 1. The van der Waals surface area contributed by atoms with Crippen LogP contribution in [0.2, 0.25) is 0 Å². The summed E-state index contributed by atoms with van der Waals surface area (Å²) in [5, 5.41) is 3.23. The highest BCUT2D eigenvalue weighted by atomic mass is 16.2. The summed E-state index contributed by atoms with van der Waals surface area (Å²) in [5.74, 6) is 0.105. The Hall–Kier alpha value is -1.09. The Kier molecular flexibility index (Phi) is 7.56. The van der Waals surface area contributed by atoms with E-state index in [1.54, 1.807) is 19.0 Å². The lowest BCUT2D eigenvalue weighted by Crippen LogP contribution is -2.38. The van der Waals surface area contributed by atoms with E-state index in [2.05, 4.69) is 25.2 Å². The summed E-state index contributed by atoms with van der Waals surface area (Å²) in [5.41, 5.74) is 1.31. The van der Waals surface area contributed by atoms with Gasteiger partial charge < -0.3 is 10.2 Å². The number of nitrogens with zero attached hydrogens (tertiary/aromatic N) is 1. The molecule has 0 aromatic rings. The smallest absolute Gasteiger partial charge is 0.236 e. The van der Waals surface area contributed by atoms with Crippen LogP contribution in [-0.4, -0.2) is 37.5 Å². The summed E-state index contributed by atoms with van der Waals surface area (Å²) in [7, 11) is 3.54. The lowest BCUT2D eigenvalue weighted by Gasteiger charge is -2.18. The first-order valence-corrected chi connectivity index (χ1v) is 5.78. The van der Waals surface area contributed by atoms with Crippen LogP contribution < -0.4 is 5.32 Å². The highest BCUT2D eigenvalue weighted by Gasteiger charge is 2.09. The summed E-state index contributed by atoms with van der Waals surface area (Å²) in [4.78, 5) is 13.0. The Morgan fingerprint density at radius 1 is 1.44 bits per heavy atom. The molecule has 0 bridgehead atoms. The minimum Gasteiger partial charge on any atom is -0.348 e. The molecule has 0 saturated carbocycles. The second-order valence-electron chi connectivity index (χ2n) is 4.01. The molecule has 1 amide bonds. The van der Waals surface area contributed by atoms with E-state index >= 15 is 0 Å². The average molecular weight is 224 g/mol. The molecule has 0 fully saturated rings. The van der Waals surface area contributed by atoms with Gasteiger partial charge in [0.1, 0.15) is 0 Å². The maximum Gasteiger partial charge on any atom is 0.236 e. The molecule has 1 atom stereocenters. The van der Waals surface area contributed by atoms with Gasteiger partial charge in [0.25, 0.3) is 0 Å². The SMILES string of the molecule is C/C=C\C=C(/CC)C(C)NCC(=O)N(C)C. The Balaban J connectivity index is 4.22. The number of hydrogen-bond acceptors (Lipinski definition) is 2. The zero-order valence-electron chi connectivity index (χ0n) is 11.1. The van der Waals surface area contributed by atoms with Crippen LogP contribution in [-0.2, 0) is 4.79 Å². The van der Waals surface area contributed by atoms with Gasteiger partial charge in [-0.15, -0.1) is 0 Å². The van der Waals surface area contributed by atoms with E-state index in [0.717, 1.165) is 6.42 Å². The minimum absolute atomic E-state index is 0.105. The third-order valence-corrected chi connectivity index (χ3v) is 2.53. The van der Waals surface area contributed by atoms with Crippen molar-refractivity contribution in [3.05, 3.63) is 23.8 Å². The summed E-state index contributed by atoms with van der Waals surface area (Å²) in [6.45, 7) is 6.60. The van der Waals surface area contributed by atoms with Crippen LogP contribution in [0.5, 0.6) is 0 Å². The molecular formula is C13H24N2O. The van der Waals surface area contributed by atoms with Crippen molar-refractivity contribution in [1.29, 1.82) is 0 Å². The van der Waals surface area contributed by atoms with E-state index < -0.39 is 0 Å². The van der Waals surface area contributed by atoms with Gasteiger partial charge in [-0.2, -0.15) is 0 Å². The molecule has 92 valence electrons. The molecule has 3 nitrogen and oxygen atoms in total. The number of hydrogen-bond donors (Lipinski definition) is 1. The Labute approximate surface area is 99.2 Å².